The number of pyridine rings is 2. The van der Waals surface area contributed by atoms with Gasteiger partial charge in [-0.3, -0.25) is 4.79 Å². The molecule has 0 radical (unpaired) electrons. The van der Waals surface area contributed by atoms with Crippen molar-refractivity contribution in [3.05, 3.63) is 53.2 Å². The Labute approximate surface area is 200 Å². The van der Waals surface area contributed by atoms with Crippen LogP contribution in [0.4, 0.5) is 13.2 Å². The van der Waals surface area contributed by atoms with Gasteiger partial charge in [-0.05, 0) is 56.3 Å². The topological polar surface area (TPSA) is 104 Å². The molecule has 1 aliphatic heterocycles. The van der Waals surface area contributed by atoms with Crippen LogP contribution in [0.5, 0.6) is 0 Å². The van der Waals surface area contributed by atoms with Gasteiger partial charge < -0.3 is 10.6 Å². The van der Waals surface area contributed by atoms with Gasteiger partial charge in [0.1, 0.15) is 23.5 Å². The summed E-state index contributed by atoms with van der Waals surface area (Å²) in [4.78, 5) is 20.2. The number of hydrogen-bond donors (Lipinski definition) is 2. The molecule has 0 bridgehead atoms. The summed E-state index contributed by atoms with van der Waals surface area (Å²) in [6, 6.07) is 6.06. The number of sulfonamides is 1. The van der Waals surface area contributed by atoms with E-state index in [1.165, 1.54) is 12.1 Å². The molecule has 3 aromatic rings. The van der Waals surface area contributed by atoms with Crippen LogP contribution in [0.3, 0.4) is 0 Å². The fourth-order valence-electron chi connectivity index (χ4n) is 3.92. The number of carbonyl (C=O) groups is 1. The molecular weight excluding hydrogens is 483 g/mol. The number of hydrogen-bond acceptors (Lipinski definition) is 6. The summed E-state index contributed by atoms with van der Waals surface area (Å²) in [6.45, 7) is 2.25. The van der Waals surface area contributed by atoms with Crippen molar-refractivity contribution in [3.8, 4) is 11.3 Å². The first kappa shape index (κ1) is 25.0. The van der Waals surface area contributed by atoms with Gasteiger partial charge in [0.05, 0.1) is 16.2 Å². The first-order valence-electron chi connectivity index (χ1n) is 11.0. The van der Waals surface area contributed by atoms with Crippen LogP contribution in [0.1, 0.15) is 22.5 Å². The third kappa shape index (κ3) is 5.00. The van der Waals surface area contributed by atoms with Gasteiger partial charge in [-0.15, -0.1) is 0 Å². The number of benzene rings is 1. The Balaban J connectivity index is 1.72. The molecule has 1 aliphatic rings. The molecular formula is C23H24F3N5O3S. The number of nitrogens with zero attached hydrogens (tertiary/aromatic N) is 3. The highest BCUT2D eigenvalue weighted by Crippen LogP contribution is 2.32. The minimum absolute atomic E-state index is 0.0328. The highest BCUT2D eigenvalue weighted by atomic mass is 32.2. The molecule has 1 fully saturated rings. The summed E-state index contributed by atoms with van der Waals surface area (Å²) in [7, 11) is -2.50. The zero-order valence-electron chi connectivity index (χ0n) is 19.1. The second kappa shape index (κ2) is 9.88. The molecule has 0 unspecified atom stereocenters. The average Bonchev–Trinajstić information content (AvgIpc) is 3.25. The summed E-state index contributed by atoms with van der Waals surface area (Å²) in [5.74, 6) is -2.69. The van der Waals surface area contributed by atoms with Gasteiger partial charge in [0.2, 0.25) is 10.0 Å². The summed E-state index contributed by atoms with van der Waals surface area (Å²) in [5, 5.41) is 6.19. The molecule has 12 heteroatoms. The van der Waals surface area contributed by atoms with Crippen molar-refractivity contribution in [3.63, 3.8) is 0 Å². The highest BCUT2D eigenvalue weighted by Gasteiger charge is 2.34. The minimum Gasteiger partial charge on any atom is -0.349 e. The van der Waals surface area contributed by atoms with E-state index in [2.05, 4.69) is 20.6 Å². The third-order valence-corrected chi connectivity index (χ3v) is 7.62. The second-order valence-corrected chi connectivity index (χ2v) is 10.2. The van der Waals surface area contributed by atoms with Crippen LogP contribution in [0.25, 0.3) is 22.3 Å². The molecule has 2 aromatic heterocycles. The summed E-state index contributed by atoms with van der Waals surface area (Å²) >= 11 is 0. The Morgan fingerprint density at radius 2 is 1.86 bits per heavy atom. The molecule has 1 aromatic carbocycles. The predicted octanol–water partition coefficient (Wildman–Crippen LogP) is 2.57. The summed E-state index contributed by atoms with van der Waals surface area (Å²) in [6.07, 6.45) is -1.28. The maximum atomic E-state index is 15.1. The van der Waals surface area contributed by atoms with E-state index in [0.29, 0.717) is 36.2 Å². The number of alkyl halides is 1. The average molecular weight is 508 g/mol. The zero-order valence-corrected chi connectivity index (χ0v) is 19.9. The van der Waals surface area contributed by atoms with Crippen LogP contribution in [0.2, 0.25) is 0 Å². The summed E-state index contributed by atoms with van der Waals surface area (Å²) < 4.78 is 69.9. The maximum absolute atomic E-state index is 15.1. The lowest BCUT2D eigenvalue weighted by Crippen LogP contribution is -2.30. The number of likely N-dealkylation sites (N-methyl/N-ethyl adjacent to an activating group) is 1. The SMILES string of the molecule is CNCCNC(=O)c1ccc2c(C)cc(-c3c(F)cc(S(=O)(=O)N4CC[C@H](F)C4)cc3F)nc2n1. The molecule has 1 atom stereocenters. The quantitative estimate of drug-likeness (QED) is 0.477. The van der Waals surface area contributed by atoms with E-state index < -0.39 is 44.2 Å². The Bertz CT molecular complexity index is 1380. The number of rotatable bonds is 7. The van der Waals surface area contributed by atoms with Crippen LogP contribution < -0.4 is 10.6 Å². The first-order valence-corrected chi connectivity index (χ1v) is 12.4. The Hall–Kier alpha value is -3.09. The van der Waals surface area contributed by atoms with Gasteiger partial charge in [-0.1, -0.05) is 0 Å². The first-order chi connectivity index (χ1) is 16.6. The predicted molar refractivity (Wildman–Crippen MR) is 124 cm³/mol. The number of halogens is 3. The number of aryl methyl sites for hydroxylation is 1. The van der Waals surface area contributed by atoms with Crippen LogP contribution >= 0.6 is 0 Å². The minimum atomic E-state index is -4.25. The second-order valence-electron chi connectivity index (χ2n) is 8.26. The van der Waals surface area contributed by atoms with Gasteiger partial charge in [0.15, 0.2) is 5.65 Å². The van der Waals surface area contributed by atoms with Crippen molar-refractivity contribution in [2.75, 3.05) is 33.2 Å². The van der Waals surface area contributed by atoms with Crippen LogP contribution in [0.15, 0.2) is 35.2 Å². The number of fused-ring (bicyclic) bond motifs is 1. The standard InChI is InChI=1S/C23H24F3N5O3S/c1-13-9-20(30-22-16(13)3-4-19(29-22)23(32)28-7-6-27-2)21-17(25)10-15(11-18(21)26)35(33,34)31-8-5-14(24)12-31/h3-4,9-11,14,27H,5-8,12H2,1-2H3,(H,28,32)/t14-/m0/s1. The molecule has 3 heterocycles. The van der Waals surface area contributed by atoms with Crippen molar-refractivity contribution in [2.45, 2.75) is 24.4 Å². The van der Waals surface area contributed by atoms with Gasteiger partial charge in [-0.25, -0.2) is 31.6 Å². The lowest BCUT2D eigenvalue weighted by atomic mass is 10.1. The van der Waals surface area contributed by atoms with E-state index in [4.69, 9.17) is 0 Å². The van der Waals surface area contributed by atoms with E-state index >= 15 is 8.78 Å². The molecule has 2 N–H and O–H groups in total. The normalized spacial score (nSPS) is 16.7. The van der Waals surface area contributed by atoms with E-state index in [0.717, 1.165) is 4.31 Å². The smallest absolute Gasteiger partial charge is 0.270 e. The van der Waals surface area contributed by atoms with E-state index in [1.54, 1.807) is 20.0 Å². The van der Waals surface area contributed by atoms with E-state index in [1.807, 2.05) is 0 Å². The van der Waals surface area contributed by atoms with Crippen LogP contribution in [0, 0.1) is 18.6 Å². The Morgan fingerprint density at radius 3 is 2.49 bits per heavy atom. The van der Waals surface area contributed by atoms with Crippen LogP contribution in [-0.4, -0.2) is 68.0 Å². The number of carbonyl (C=O) groups excluding carboxylic acids is 1. The van der Waals surface area contributed by atoms with Crippen molar-refractivity contribution in [1.29, 1.82) is 0 Å². The number of nitrogens with one attached hydrogen (secondary N) is 2. The fraction of sp³-hybridized carbons (Fsp3) is 0.348. The fourth-order valence-corrected chi connectivity index (χ4v) is 5.42. The van der Waals surface area contributed by atoms with Gasteiger partial charge in [0.25, 0.3) is 5.91 Å². The molecule has 4 rings (SSSR count). The maximum Gasteiger partial charge on any atom is 0.270 e. The Kier molecular flexibility index (Phi) is 7.06. The number of aromatic nitrogens is 2. The van der Waals surface area contributed by atoms with Crippen LogP contribution in [-0.2, 0) is 10.0 Å². The molecule has 0 saturated carbocycles. The van der Waals surface area contributed by atoms with Gasteiger partial charge in [0, 0.05) is 31.6 Å². The summed E-state index contributed by atoms with van der Waals surface area (Å²) in [5.41, 5.74) is 0.199. The molecule has 8 nitrogen and oxygen atoms in total. The van der Waals surface area contributed by atoms with Crippen molar-refractivity contribution >= 4 is 27.0 Å². The zero-order chi connectivity index (χ0) is 25.3. The lowest BCUT2D eigenvalue weighted by Gasteiger charge is -2.16. The van der Waals surface area contributed by atoms with E-state index in [9.17, 15) is 17.6 Å². The molecule has 1 amide bonds. The van der Waals surface area contributed by atoms with Crippen molar-refractivity contribution in [1.82, 2.24) is 24.9 Å². The molecule has 0 spiro atoms. The third-order valence-electron chi connectivity index (χ3n) is 5.78. The largest absolute Gasteiger partial charge is 0.349 e. The molecule has 35 heavy (non-hydrogen) atoms. The monoisotopic (exact) mass is 507 g/mol. The number of amides is 1. The van der Waals surface area contributed by atoms with Gasteiger partial charge in [-0.2, -0.15) is 4.31 Å². The highest BCUT2D eigenvalue weighted by molar-refractivity contribution is 7.89. The lowest BCUT2D eigenvalue weighted by molar-refractivity contribution is 0.0949. The van der Waals surface area contributed by atoms with E-state index in [-0.39, 0.29) is 36.5 Å². The van der Waals surface area contributed by atoms with Crippen molar-refractivity contribution in [2.24, 2.45) is 0 Å². The van der Waals surface area contributed by atoms with Crippen molar-refractivity contribution < 1.29 is 26.4 Å². The van der Waals surface area contributed by atoms with Gasteiger partial charge >= 0.3 is 0 Å². The molecule has 186 valence electrons. The Morgan fingerprint density at radius 1 is 1.14 bits per heavy atom. The molecule has 0 aliphatic carbocycles. The molecule has 1 saturated heterocycles.